The second kappa shape index (κ2) is 13.7. The SMILES string of the molecule is CN=C(NCCCCCC(=O)N1CCN(C(=O)CC(C)C)CC1)NCc1cccc(F)c1. The first-order valence-corrected chi connectivity index (χ1v) is 11.6. The third-order valence-electron chi connectivity index (χ3n) is 5.50. The summed E-state index contributed by atoms with van der Waals surface area (Å²) in [5.41, 5.74) is 0.858. The summed E-state index contributed by atoms with van der Waals surface area (Å²) in [4.78, 5) is 32.5. The maximum Gasteiger partial charge on any atom is 0.222 e. The normalized spacial score (nSPS) is 14.6. The molecule has 1 heterocycles. The number of nitrogens with one attached hydrogen (secondary N) is 2. The molecule has 1 aromatic rings. The van der Waals surface area contributed by atoms with E-state index in [4.69, 9.17) is 0 Å². The summed E-state index contributed by atoms with van der Waals surface area (Å²) in [6.07, 6.45) is 3.86. The van der Waals surface area contributed by atoms with Crippen LogP contribution in [0.5, 0.6) is 0 Å². The highest BCUT2D eigenvalue weighted by molar-refractivity contribution is 5.79. The van der Waals surface area contributed by atoms with Gasteiger partial charge in [-0.15, -0.1) is 0 Å². The predicted molar refractivity (Wildman–Crippen MR) is 126 cm³/mol. The standard InChI is InChI=1S/C24H38FN5O2/c1-19(2)16-23(32)30-14-12-29(13-15-30)22(31)10-5-4-6-11-27-24(26-3)28-18-20-8-7-9-21(25)17-20/h7-9,17,19H,4-6,10-16,18H2,1-3H3,(H2,26,27,28). The Hall–Kier alpha value is -2.64. The van der Waals surface area contributed by atoms with Crippen LogP contribution in [0, 0.1) is 11.7 Å². The van der Waals surface area contributed by atoms with Gasteiger partial charge in [-0.2, -0.15) is 0 Å². The third kappa shape index (κ3) is 9.24. The Morgan fingerprint density at radius 1 is 1.03 bits per heavy atom. The first kappa shape index (κ1) is 25.6. The largest absolute Gasteiger partial charge is 0.356 e. The van der Waals surface area contributed by atoms with E-state index < -0.39 is 0 Å². The van der Waals surface area contributed by atoms with Crippen LogP contribution in [0.2, 0.25) is 0 Å². The number of carbonyl (C=O) groups is 2. The molecule has 178 valence electrons. The number of guanidine groups is 1. The predicted octanol–water partition coefficient (Wildman–Crippen LogP) is 2.77. The molecule has 0 bridgehead atoms. The number of hydrogen-bond acceptors (Lipinski definition) is 3. The fraction of sp³-hybridized carbons (Fsp3) is 0.625. The summed E-state index contributed by atoms with van der Waals surface area (Å²) in [6.45, 7) is 7.91. The Morgan fingerprint density at radius 3 is 2.34 bits per heavy atom. The van der Waals surface area contributed by atoms with Crippen molar-refractivity contribution in [2.45, 2.75) is 52.5 Å². The van der Waals surface area contributed by atoms with E-state index in [2.05, 4.69) is 15.6 Å². The van der Waals surface area contributed by atoms with Gasteiger partial charge < -0.3 is 20.4 Å². The van der Waals surface area contributed by atoms with Crippen LogP contribution >= 0.6 is 0 Å². The molecule has 1 aliphatic rings. The molecule has 0 aromatic heterocycles. The molecule has 0 atom stereocenters. The fourth-order valence-electron chi connectivity index (χ4n) is 3.68. The Morgan fingerprint density at radius 2 is 1.72 bits per heavy atom. The molecule has 2 amide bonds. The number of amides is 2. The van der Waals surface area contributed by atoms with Crippen molar-refractivity contribution >= 4 is 17.8 Å². The van der Waals surface area contributed by atoms with Crippen molar-refractivity contribution in [3.05, 3.63) is 35.6 Å². The van der Waals surface area contributed by atoms with Crippen molar-refractivity contribution < 1.29 is 14.0 Å². The van der Waals surface area contributed by atoms with Crippen LogP contribution in [0.15, 0.2) is 29.3 Å². The molecule has 1 saturated heterocycles. The van der Waals surface area contributed by atoms with Gasteiger partial charge in [0.25, 0.3) is 0 Å². The van der Waals surface area contributed by atoms with Gasteiger partial charge in [-0.3, -0.25) is 14.6 Å². The van der Waals surface area contributed by atoms with Crippen molar-refractivity contribution in [1.82, 2.24) is 20.4 Å². The van der Waals surface area contributed by atoms with E-state index in [1.807, 2.05) is 29.7 Å². The highest BCUT2D eigenvalue weighted by atomic mass is 19.1. The van der Waals surface area contributed by atoms with Gasteiger partial charge in [-0.25, -0.2) is 4.39 Å². The number of piperazine rings is 1. The Balaban J connectivity index is 1.54. The molecule has 1 fully saturated rings. The van der Waals surface area contributed by atoms with E-state index in [1.165, 1.54) is 12.1 Å². The van der Waals surface area contributed by atoms with Crippen LogP contribution < -0.4 is 10.6 Å². The lowest BCUT2D eigenvalue weighted by atomic mass is 10.1. The van der Waals surface area contributed by atoms with Gasteiger partial charge in [-0.1, -0.05) is 32.4 Å². The van der Waals surface area contributed by atoms with Crippen molar-refractivity contribution in [3.8, 4) is 0 Å². The topological polar surface area (TPSA) is 77.0 Å². The molecule has 32 heavy (non-hydrogen) atoms. The van der Waals surface area contributed by atoms with E-state index in [9.17, 15) is 14.0 Å². The van der Waals surface area contributed by atoms with Crippen LogP contribution in [0.25, 0.3) is 0 Å². The lowest BCUT2D eigenvalue weighted by Crippen LogP contribution is -2.50. The van der Waals surface area contributed by atoms with Gasteiger partial charge in [0, 0.05) is 59.2 Å². The quantitative estimate of drug-likeness (QED) is 0.329. The zero-order valence-corrected chi connectivity index (χ0v) is 19.7. The summed E-state index contributed by atoms with van der Waals surface area (Å²) in [5.74, 6) is 1.17. The van der Waals surface area contributed by atoms with Crippen LogP contribution in [0.4, 0.5) is 4.39 Å². The van der Waals surface area contributed by atoms with Crippen molar-refractivity contribution in [1.29, 1.82) is 0 Å². The van der Waals surface area contributed by atoms with Crippen LogP contribution in [0.3, 0.4) is 0 Å². The smallest absolute Gasteiger partial charge is 0.222 e. The molecule has 2 N–H and O–H groups in total. The van der Waals surface area contributed by atoms with Gasteiger partial charge in [0.1, 0.15) is 5.82 Å². The second-order valence-corrected chi connectivity index (χ2v) is 8.65. The number of hydrogen-bond donors (Lipinski definition) is 2. The molecule has 1 aromatic carbocycles. The maximum absolute atomic E-state index is 13.2. The maximum atomic E-state index is 13.2. The summed E-state index contributed by atoms with van der Waals surface area (Å²) in [5, 5.41) is 6.42. The molecule has 7 nitrogen and oxygen atoms in total. The number of rotatable bonds is 10. The average molecular weight is 448 g/mol. The Kier molecular flexibility index (Phi) is 11.0. The van der Waals surface area contributed by atoms with Gasteiger partial charge in [0.15, 0.2) is 5.96 Å². The lowest BCUT2D eigenvalue weighted by molar-refractivity contribution is -0.140. The molecule has 2 rings (SSSR count). The molecular formula is C24H38FN5O2. The van der Waals surface area contributed by atoms with E-state index in [1.54, 1.807) is 13.1 Å². The van der Waals surface area contributed by atoms with E-state index in [0.29, 0.717) is 57.4 Å². The zero-order valence-electron chi connectivity index (χ0n) is 19.7. The molecule has 1 aliphatic heterocycles. The Bertz CT molecular complexity index is 761. The van der Waals surface area contributed by atoms with E-state index in [0.717, 1.165) is 31.4 Å². The van der Waals surface area contributed by atoms with Gasteiger partial charge in [-0.05, 0) is 36.5 Å². The van der Waals surface area contributed by atoms with Crippen molar-refractivity contribution in [2.75, 3.05) is 39.8 Å². The van der Waals surface area contributed by atoms with Crippen LogP contribution in [-0.4, -0.2) is 67.3 Å². The number of benzene rings is 1. The zero-order chi connectivity index (χ0) is 23.3. The summed E-state index contributed by atoms with van der Waals surface area (Å²) in [6, 6.07) is 6.48. The van der Waals surface area contributed by atoms with Crippen molar-refractivity contribution in [3.63, 3.8) is 0 Å². The van der Waals surface area contributed by atoms with Gasteiger partial charge >= 0.3 is 0 Å². The molecule has 0 spiro atoms. The number of halogens is 1. The first-order chi connectivity index (χ1) is 15.4. The molecule has 8 heteroatoms. The number of unbranched alkanes of at least 4 members (excludes halogenated alkanes) is 2. The number of aliphatic imine (C=N–C) groups is 1. The number of carbonyl (C=O) groups excluding carboxylic acids is 2. The number of nitrogens with zero attached hydrogens (tertiary/aromatic N) is 3. The minimum absolute atomic E-state index is 0.182. The average Bonchev–Trinajstić information content (AvgIpc) is 2.77. The monoisotopic (exact) mass is 447 g/mol. The van der Waals surface area contributed by atoms with Crippen LogP contribution in [0.1, 0.15) is 51.5 Å². The summed E-state index contributed by atoms with van der Waals surface area (Å²) < 4.78 is 13.2. The van der Waals surface area contributed by atoms with Gasteiger partial charge in [0.2, 0.25) is 11.8 Å². The van der Waals surface area contributed by atoms with Crippen molar-refractivity contribution in [2.24, 2.45) is 10.9 Å². The highest BCUT2D eigenvalue weighted by Crippen LogP contribution is 2.10. The van der Waals surface area contributed by atoms with E-state index >= 15 is 0 Å². The lowest BCUT2D eigenvalue weighted by Gasteiger charge is -2.35. The third-order valence-corrected chi connectivity index (χ3v) is 5.50. The fourth-order valence-corrected chi connectivity index (χ4v) is 3.68. The molecular weight excluding hydrogens is 409 g/mol. The summed E-state index contributed by atoms with van der Waals surface area (Å²) >= 11 is 0. The highest BCUT2D eigenvalue weighted by Gasteiger charge is 2.23. The molecule has 0 saturated carbocycles. The second-order valence-electron chi connectivity index (χ2n) is 8.65. The Labute approximate surface area is 191 Å². The van der Waals surface area contributed by atoms with Crippen LogP contribution in [-0.2, 0) is 16.1 Å². The van der Waals surface area contributed by atoms with Gasteiger partial charge in [0.05, 0.1) is 0 Å². The molecule has 0 aliphatic carbocycles. The van der Waals surface area contributed by atoms with E-state index in [-0.39, 0.29) is 17.6 Å². The minimum atomic E-state index is -0.247. The molecule has 0 radical (unpaired) electrons. The minimum Gasteiger partial charge on any atom is -0.356 e. The first-order valence-electron chi connectivity index (χ1n) is 11.6. The summed E-state index contributed by atoms with van der Waals surface area (Å²) in [7, 11) is 1.70. The molecule has 0 unspecified atom stereocenters.